The molecule has 0 bridgehead atoms. The molecule has 0 spiro atoms. The summed E-state index contributed by atoms with van der Waals surface area (Å²) in [7, 11) is 0. The average molecular weight is 513 g/mol. The average Bonchev–Trinajstić information content (AvgIpc) is 3.23. The van der Waals surface area contributed by atoms with Crippen LogP contribution in [0.15, 0.2) is 85.5 Å². The minimum Gasteiger partial charge on any atom is -0.493 e. The van der Waals surface area contributed by atoms with E-state index in [1.54, 1.807) is 14.4 Å². The van der Waals surface area contributed by atoms with Gasteiger partial charge in [-0.2, -0.15) is 0 Å². The molecule has 0 atom stereocenters. The molecule has 1 heterocycles. The van der Waals surface area contributed by atoms with E-state index < -0.39 is 0 Å². The van der Waals surface area contributed by atoms with E-state index in [4.69, 9.17) is 0 Å². The van der Waals surface area contributed by atoms with E-state index in [9.17, 15) is 5.53 Å². The second-order valence-corrected chi connectivity index (χ2v) is 9.97. The molecular formula is C32H42N2Ni. The third-order valence-corrected chi connectivity index (χ3v) is 7.00. The zero-order valence-electron chi connectivity index (χ0n) is 21.8. The van der Waals surface area contributed by atoms with Crippen LogP contribution in [0, 0.1) is 0 Å². The van der Waals surface area contributed by atoms with Gasteiger partial charge >= 0.3 is 50.5 Å². The van der Waals surface area contributed by atoms with Gasteiger partial charge in [0, 0.05) is 22.8 Å². The molecule has 2 aromatic carbocycles. The molecule has 1 aliphatic rings. The summed E-state index contributed by atoms with van der Waals surface area (Å²) in [5, 5.41) is 2.11. The second kappa shape index (κ2) is 16.2. The Kier molecular flexibility index (Phi) is 13.3. The number of hydrogen-bond acceptors (Lipinski definition) is 0. The standard InChI is InChI=1S/C26H32N2.2C3H5.Ni/c1-4-7-11-20-13-9-15-23(17-20)25-19-22(6-3)26(28(25)27)24-16-10-14-21(18-24)12-8-5-2;2*1-3-2;/h9-10,13-19H,4-8,11-12H2,1-3H3;2*3H,1-2H2;. The molecule has 0 aromatic heterocycles. The fourth-order valence-electron chi connectivity index (χ4n) is 4.04. The molecule has 0 N–H and O–H groups in total. The number of benzene rings is 2. The van der Waals surface area contributed by atoms with E-state index in [-0.39, 0.29) is 0 Å². The van der Waals surface area contributed by atoms with E-state index in [2.05, 4.69) is 88.5 Å². The molecule has 0 aliphatic carbocycles. The van der Waals surface area contributed by atoms with Crippen molar-refractivity contribution in [1.82, 2.24) is 0 Å². The first-order chi connectivity index (χ1) is 17.1. The van der Waals surface area contributed by atoms with Gasteiger partial charge in [-0.1, -0.05) is 57.9 Å². The summed E-state index contributed by atoms with van der Waals surface area (Å²) in [6, 6.07) is 17.2. The summed E-state index contributed by atoms with van der Waals surface area (Å²) < 4.78 is 1.40. The molecule has 2 nitrogen and oxygen atoms in total. The Morgan fingerprint density at radius 3 is 1.89 bits per heavy atom. The van der Waals surface area contributed by atoms with Crippen molar-refractivity contribution in [2.45, 2.75) is 76.5 Å². The molecule has 3 rings (SSSR count). The van der Waals surface area contributed by atoms with E-state index >= 15 is 0 Å². The minimum atomic E-state index is 0.879. The number of aryl methyl sites for hydroxylation is 2. The third kappa shape index (κ3) is 8.90. The van der Waals surface area contributed by atoms with Gasteiger partial charge < -0.3 is 5.53 Å². The van der Waals surface area contributed by atoms with Gasteiger partial charge in [0.25, 0.3) is 0 Å². The molecule has 190 valence electrons. The molecule has 0 saturated heterocycles. The molecule has 0 fully saturated rings. The predicted octanol–water partition coefficient (Wildman–Crippen LogP) is 9.86. The van der Waals surface area contributed by atoms with Crippen LogP contribution >= 0.6 is 0 Å². The number of nitrogens with zero attached hydrogens (tertiary/aromatic N) is 2. The first-order valence-electron chi connectivity index (χ1n) is 12.9. The number of allylic oxidation sites excluding steroid dienone is 4. The predicted molar refractivity (Wildman–Crippen MR) is 149 cm³/mol. The van der Waals surface area contributed by atoms with E-state index in [0.717, 1.165) is 52.6 Å². The SMILES string of the molecule is C=C[CH2][Ni][CH2]C=C.CCCCc1cccc(C2=CC(CC)=C(c3cccc(CCCC)c3)[N+]2=[N-])c1. The fraction of sp³-hybridized carbons (Fsp3) is 0.375. The van der Waals surface area contributed by atoms with Gasteiger partial charge in [-0.15, -0.1) is 0 Å². The van der Waals surface area contributed by atoms with Crippen molar-refractivity contribution >= 4 is 11.4 Å². The van der Waals surface area contributed by atoms with Gasteiger partial charge in [0.1, 0.15) is 0 Å². The second-order valence-electron chi connectivity index (χ2n) is 8.67. The Morgan fingerprint density at radius 1 is 0.829 bits per heavy atom. The van der Waals surface area contributed by atoms with Crippen molar-refractivity contribution in [3.05, 3.63) is 113 Å². The normalized spacial score (nSPS) is 12.9. The van der Waals surface area contributed by atoms with E-state index in [0.29, 0.717) is 0 Å². The Hall–Kier alpha value is -2.51. The summed E-state index contributed by atoms with van der Waals surface area (Å²) in [5.74, 6) is 0. The fourth-order valence-corrected chi connectivity index (χ4v) is 4.61. The first kappa shape index (κ1) is 28.7. The van der Waals surface area contributed by atoms with Crippen LogP contribution in [0.5, 0.6) is 0 Å². The molecule has 2 aromatic rings. The maximum Gasteiger partial charge on any atom is 0.210 e. The topological polar surface area (TPSA) is 25.3 Å². The first-order valence-corrected chi connectivity index (χ1v) is 14.3. The monoisotopic (exact) mass is 512 g/mol. The van der Waals surface area contributed by atoms with Crippen molar-refractivity contribution in [1.29, 1.82) is 0 Å². The van der Waals surface area contributed by atoms with Gasteiger partial charge in [-0.05, 0) is 67.5 Å². The molecule has 3 heteroatoms. The van der Waals surface area contributed by atoms with E-state index in [1.165, 1.54) is 47.1 Å². The molecule has 1 aliphatic heterocycles. The quantitative estimate of drug-likeness (QED) is 0.110. The van der Waals surface area contributed by atoms with Crippen LogP contribution in [-0.2, 0) is 27.3 Å². The molecule has 0 radical (unpaired) electrons. The Morgan fingerprint density at radius 2 is 1.37 bits per heavy atom. The Balaban J connectivity index is 0.000000540. The van der Waals surface area contributed by atoms with Crippen LogP contribution in [0.2, 0.25) is 10.8 Å². The van der Waals surface area contributed by atoms with Crippen LogP contribution in [0.4, 0.5) is 0 Å². The zero-order valence-corrected chi connectivity index (χ0v) is 22.8. The molecule has 0 unspecified atom stereocenters. The van der Waals surface area contributed by atoms with Gasteiger partial charge in [0.2, 0.25) is 11.4 Å². The maximum atomic E-state index is 11.1. The summed E-state index contributed by atoms with van der Waals surface area (Å²) in [4.78, 5) is 0. The Labute approximate surface area is 219 Å². The van der Waals surface area contributed by atoms with Crippen molar-refractivity contribution in [2.24, 2.45) is 0 Å². The summed E-state index contributed by atoms with van der Waals surface area (Å²) in [5.41, 5.74) is 18.9. The van der Waals surface area contributed by atoms with Gasteiger partial charge in [0.15, 0.2) is 0 Å². The van der Waals surface area contributed by atoms with E-state index in [1.807, 2.05) is 12.2 Å². The summed E-state index contributed by atoms with van der Waals surface area (Å²) >= 11 is 1.66. The summed E-state index contributed by atoms with van der Waals surface area (Å²) in [6.45, 7) is 13.8. The Bertz CT molecular complexity index is 1040. The van der Waals surface area contributed by atoms with Crippen LogP contribution < -0.4 is 0 Å². The molecule has 0 saturated carbocycles. The zero-order chi connectivity index (χ0) is 25.5. The van der Waals surface area contributed by atoms with Crippen LogP contribution in [-0.4, -0.2) is 4.70 Å². The summed E-state index contributed by atoms with van der Waals surface area (Å²) in [6.07, 6.45) is 13.8. The largest absolute Gasteiger partial charge is 0.493 e. The maximum absolute atomic E-state index is 11.1. The van der Waals surface area contributed by atoms with Crippen molar-refractivity contribution in [3.8, 4) is 0 Å². The molecule has 0 amide bonds. The van der Waals surface area contributed by atoms with Crippen LogP contribution in [0.1, 0.15) is 75.1 Å². The number of unbranched alkanes of at least 4 members (excludes halogenated alkanes) is 2. The van der Waals surface area contributed by atoms with Gasteiger partial charge in [0.05, 0.1) is 0 Å². The van der Waals surface area contributed by atoms with Gasteiger partial charge in [-0.25, -0.2) is 4.70 Å². The van der Waals surface area contributed by atoms with Crippen molar-refractivity contribution < 1.29 is 19.1 Å². The van der Waals surface area contributed by atoms with Crippen LogP contribution in [0.25, 0.3) is 16.9 Å². The smallest absolute Gasteiger partial charge is 0.210 e. The van der Waals surface area contributed by atoms with Gasteiger partial charge in [-0.3, -0.25) is 0 Å². The molecule has 35 heavy (non-hydrogen) atoms. The number of hydrogen-bond donors (Lipinski definition) is 0. The van der Waals surface area contributed by atoms with Crippen LogP contribution in [0.3, 0.4) is 0 Å². The van der Waals surface area contributed by atoms with Crippen molar-refractivity contribution in [2.75, 3.05) is 0 Å². The number of rotatable bonds is 13. The molecular weight excluding hydrogens is 471 g/mol. The third-order valence-electron chi connectivity index (χ3n) is 5.86. The minimum absolute atomic E-state index is 0.879. The van der Waals surface area contributed by atoms with Crippen molar-refractivity contribution in [3.63, 3.8) is 0 Å².